The number of nitrogens with one attached hydrogen (secondary N) is 1. The van der Waals surface area contributed by atoms with Crippen LogP contribution in [0.15, 0.2) is 54.9 Å². The van der Waals surface area contributed by atoms with E-state index in [9.17, 15) is 4.79 Å². The van der Waals surface area contributed by atoms with Gasteiger partial charge in [0.1, 0.15) is 0 Å². The number of morpholine rings is 1. The van der Waals surface area contributed by atoms with Crippen LogP contribution in [0, 0.1) is 6.92 Å². The van der Waals surface area contributed by atoms with E-state index < -0.39 is 0 Å². The second kappa shape index (κ2) is 8.14. The molecule has 4 aromatic rings. The summed E-state index contributed by atoms with van der Waals surface area (Å²) in [4.78, 5) is 25.7. The van der Waals surface area contributed by atoms with Crippen molar-refractivity contribution in [2.45, 2.75) is 13.3 Å². The van der Waals surface area contributed by atoms with Crippen molar-refractivity contribution < 1.29 is 9.53 Å². The van der Waals surface area contributed by atoms with Crippen molar-refractivity contribution in [3.8, 4) is 11.3 Å². The van der Waals surface area contributed by atoms with Gasteiger partial charge in [0.2, 0.25) is 5.91 Å². The summed E-state index contributed by atoms with van der Waals surface area (Å²) in [6.45, 7) is 5.39. The molecule has 6 rings (SSSR count). The molecule has 8 nitrogen and oxygen atoms in total. The minimum absolute atomic E-state index is 0.116. The van der Waals surface area contributed by atoms with Gasteiger partial charge in [-0.3, -0.25) is 9.20 Å². The first-order valence-corrected chi connectivity index (χ1v) is 11.5. The lowest BCUT2D eigenvalue weighted by molar-refractivity contribution is -0.117. The quantitative estimate of drug-likeness (QED) is 0.506. The molecule has 2 aromatic heterocycles. The maximum absolute atomic E-state index is 12.1. The summed E-state index contributed by atoms with van der Waals surface area (Å²) in [5.41, 5.74) is 7.76. The van der Waals surface area contributed by atoms with Gasteiger partial charge in [-0.2, -0.15) is 0 Å². The van der Waals surface area contributed by atoms with Crippen molar-refractivity contribution in [1.82, 2.24) is 14.4 Å². The zero-order valence-electron chi connectivity index (χ0n) is 19.3. The SMILES string of the molecule is Cc1c(-c2ccc3c(c2)CC(=O)N3C)nc(Nc2ccc(N3CCOCC3)cc2)c2nccn12. The van der Waals surface area contributed by atoms with Crippen molar-refractivity contribution in [2.75, 3.05) is 48.5 Å². The Balaban J connectivity index is 1.35. The van der Waals surface area contributed by atoms with Gasteiger partial charge in [0.25, 0.3) is 0 Å². The number of hydrogen-bond acceptors (Lipinski definition) is 6. The Morgan fingerprint density at radius 1 is 1.06 bits per heavy atom. The maximum Gasteiger partial charge on any atom is 0.231 e. The van der Waals surface area contributed by atoms with Gasteiger partial charge in [0.05, 0.1) is 25.3 Å². The van der Waals surface area contributed by atoms with E-state index in [-0.39, 0.29) is 5.91 Å². The molecule has 1 amide bonds. The third-order valence-electron chi connectivity index (χ3n) is 6.72. The highest BCUT2D eigenvalue weighted by Gasteiger charge is 2.25. The number of carbonyl (C=O) groups is 1. The number of hydrogen-bond donors (Lipinski definition) is 1. The summed E-state index contributed by atoms with van der Waals surface area (Å²) in [6.07, 6.45) is 4.16. The molecule has 2 aromatic carbocycles. The molecule has 4 heterocycles. The molecule has 172 valence electrons. The number of fused-ring (bicyclic) bond motifs is 2. The second-order valence-corrected chi connectivity index (χ2v) is 8.76. The highest BCUT2D eigenvalue weighted by Crippen LogP contribution is 2.34. The Bertz CT molecular complexity index is 1390. The fourth-order valence-corrected chi connectivity index (χ4v) is 4.79. The molecule has 34 heavy (non-hydrogen) atoms. The first-order valence-electron chi connectivity index (χ1n) is 11.5. The molecule has 2 aliphatic rings. The van der Waals surface area contributed by atoms with Crippen molar-refractivity contribution in [3.05, 3.63) is 66.1 Å². The van der Waals surface area contributed by atoms with E-state index in [0.717, 1.165) is 65.8 Å². The molecule has 0 radical (unpaired) electrons. The number of anilines is 4. The number of ether oxygens (including phenoxy) is 1. The Kier molecular flexibility index (Phi) is 4.95. The fraction of sp³-hybridized carbons (Fsp3) is 0.269. The van der Waals surface area contributed by atoms with Gasteiger partial charge in [-0.25, -0.2) is 9.97 Å². The molecule has 0 spiro atoms. The average Bonchev–Trinajstić information content (AvgIpc) is 3.47. The predicted octanol–water partition coefficient (Wildman–Crippen LogP) is 3.80. The second-order valence-electron chi connectivity index (χ2n) is 8.76. The van der Waals surface area contributed by atoms with Crippen molar-refractivity contribution >= 4 is 34.4 Å². The van der Waals surface area contributed by atoms with Gasteiger partial charge in [0.15, 0.2) is 11.5 Å². The van der Waals surface area contributed by atoms with Gasteiger partial charge >= 0.3 is 0 Å². The van der Waals surface area contributed by atoms with E-state index in [4.69, 9.17) is 9.72 Å². The molecule has 0 aliphatic carbocycles. The monoisotopic (exact) mass is 454 g/mol. The van der Waals surface area contributed by atoms with Crippen LogP contribution in [-0.4, -0.2) is 53.6 Å². The Morgan fingerprint density at radius 3 is 2.65 bits per heavy atom. The molecular weight excluding hydrogens is 428 g/mol. The third kappa shape index (κ3) is 3.47. The Morgan fingerprint density at radius 2 is 1.85 bits per heavy atom. The molecule has 1 saturated heterocycles. The lowest BCUT2D eigenvalue weighted by Gasteiger charge is -2.28. The minimum atomic E-state index is 0.116. The van der Waals surface area contributed by atoms with E-state index in [1.807, 2.05) is 32.3 Å². The molecule has 1 N–H and O–H groups in total. The number of imidazole rings is 1. The zero-order valence-corrected chi connectivity index (χ0v) is 19.3. The fourth-order valence-electron chi connectivity index (χ4n) is 4.79. The highest BCUT2D eigenvalue weighted by molar-refractivity contribution is 6.01. The normalized spacial score (nSPS) is 15.8. The van der Waals surface area contributed by atoms with E-state index in [1.165, 1.54) is 5.69 Å². The summed E-state index contributed by atoms with van der Waals surface area (Å²) in [5.74, 6) is 0.809. The topological polar surface area (TPSA) is 75.0 Å². The van der Waals surface area contributed by atoms with E-state index >= 15 is 0 Å². The number of amides is 1. The first-order chi connectivity index (χ1) is 16.6. The summed E-state index contributed by atoms with van der Waals surface area (Å²) >= 11 is 0. The standard InChI is InChI=1S/C26H26N6O2/c1-17-24(18-3-8-22-19(15-18)16-23(33)30(22)2)29-25(26-27-9-10-32(17)26)28-20-4-6-21(7-5-20)31-11-13-34-14-12-31/h3-10,15H,11-14,16H2,1-2H3,(H,28,29). The molecular formula is C26H26N6O2. The lowest BCUT2D eigenvalue weighted by atomic mass is 10.0. The van der Waals surface area contributed by atoms with Crippen molar-refractivity contribution in [2.24, 2.45) is 0 Å². The van der Waals surface area contributed by atoms with Crippen molar-refractivity contribution in [1.29, 1.82) is 0 Å². The number of nitrogens with zero attached hydrogens (tertiary/aromatic N) is 5. The largest absolute Gasteiger partial charge is 0.378 e. The smallest absolute Gasteiger partial charge is 0.231 e. The maximum atomic E-state index is 12.1. The number of benzene rings is 2. The highest BCUT2D eigenvalue weighted by atomic mass is 16.5. The number of rotatable bonds is 4. The van der Waals surface area contributed by atoms with Crippen molar-refractivity contribution in [3.63, 3.8) is 0 Å². The molecule has 0 atom stereocenters. The van der Waals surface area contributed by atoms with Crippen LogP contribution in [0.5, 0.6) is 0 Å². The molecule has 0 saturated carbocycles. The van der Waals surface area contributed by atoms with Crippen LogP contribution in [0.3, 0.4) is 0 Å². The van der Waals surface area contributed by atoms with Crippen LogP contribution in [0.25, 0.3) is 16.9 Å². The first kappa shape index (κ1) is 20.7. The van der Waals surface area contributed by atoms with Gasteiger partial charge in [-0.05, 0) is 48.9 Å². The number of carbonyl (C=O) groups excluding carboxylic acids is 1. The van der Waals surface area contributed by atoms with Gasteiger partial charge in [-0.15, -0.1) is 0 Å². The van der Waals surface area contributed by atoms with Crippen LogP contribution in [0.1, 0.15) is 11.3 Å². The van der Waals surface area contributed by atoms with Crippen LogP contribution < -0.4 is 15.1 Å². The lowest BCUT2D eigenvalue weighted by Crippen LogP contribution is -2.36. The van der Waals surface area contributed by atoms with Gasteiger partial charge in [-0.1, -0.05) is 6.07 Å². The minimum Gasteiger partial charge on any atom is -0.378 e. The molecule has 1 fully saturated rings. The van der Waals surface area contributed by atoms with Crippen LogP contribution in [-0.2, 0) is 16.0 Å². The molecule has 2 aliphatic heterocycles. The average molecular weight is 455 g/mol. The van der Waals surface area contributed by atoms with E-state index in [2.05, 4.69) is 49.9 Å². The number of aryl methyl sites for hydroxylation is 1. The molecule has 0 unspecified atom stereocenters. The Labute approximate surface area is 197 Å². The predicted molar refractivity (Wildman–Crippen MR) is 133 cm³/mol. The van der Waals surface area contributed by atoms with E-state index in [1.54, 1.807) is 11.1 Å². The molecule has 8 heteroatoms. The summed E-state index contributed by atoms with van der Waals surface area (Å²) in [6, 6.07) is 14.5. The van der Waals surface area contributed by atoms with Gasteiger partial charge in [0, 0.05) is 60.9 Å². The van der Waals surface area contributed by atoms with Crippen LogP contribution in [0.4, 0.5) is 22.9 Å². The third-order valence-corrected chi connectivity index (χ3v) is 6.72. The number of likely N-dealkylation sites (N-methyl/N-ethyl adjacent to an activating group) is 1. The van der Waals surface area contributed by atoms with Crippen LogP contribution in [0.2, 0.25) is 0 Å². The number of aromatic nitrogens is 3. The summed E-state index contributed by atoms with van der Waals surface area (Å²) in [7, 11) is 1.82. The summed E-state index contributed by atoms with van der Waals surface area (Å²) in [5, 5.41) is 3.47. The van der Waals surface area contributed by atoms with Gasteiger partial charge < -0.3 is 19.9 Å². The van der Waals surface area contributed by atoms with E-state index in [0.29, 0.717) is 12.2 Å². The Hall–Kier alpha value is -3.91. The zero-order chi connectivity index (χ0) is 23.2. The molecule has 0 bridgehead atoms. The summed E-state index contributed by atoms with van der Waals surface area (Å²) < 4.78 is 7.51. The van der Waals surface area contributed by atoms with Crippen LogP contribution >= 0.6 is 0 Å².